The Morgan fingerprint density at radius 1 is 1.18 bits per heavy atom. The van der Waals surface area contributed by atoms with Crippen LogP contribution in [0.3, 0.4) is 0 Å². The van der Waals surface area contributed by atoms with Gasteiger partial charge in [0.05, 0.1) is 18.2 Å². The quantitative estimate of drug-likeness (QED) is 0.252. The highest BCUT2D eigenvalue weighted by Gasteiger charge is 2.49. The predicted octanol–water partition coefficient (Wildman–Crippen LogP) is 2.24. The van der Waals surface area contributed by atoms with Crippen molar-refractivity contribution < 1.29 is 33.1 Å². The average Bonchev–Trinajstić information content (AvgIpc) is 3.29. The SMILES string of the molecule is N[C@@H](CCC(=O)O)C(=O)Nc1cccc(-c2ccc([C@@]3(CC(=O)NO)CCCCS3(=O)=O)s2)c1. The Morgan fingerprint density at radius 2 is 1.94 bits per heavy atom. The molecule has 34 heavy (non-hydrogen) atoms. The molecule has 2 heterocycles. The lowest BCUT2D eigenvalue weighted by Gasteiger charge is -2.35. The van der Waals surface area contributed by atoms with Crippen LogP contribution in [-0.4, -0.2) is 48.3 Å². The fourth-order valence-corrected chi connectivity index (χ4v) is 7.82. The molecule has 6 N–H and O–H groups in total. The van der Waals surface area contributed by atoms with Crippen LogP contribution >= 0.6 is 11.3 Å². The lowest BCUT2D eigenvalue weighted by molar-refractivity contribution is -0.137. The number of nitrogens with two attached hydrogens (primary N) is 1. The number of hydrogen-bond donors (Lipinski definition) is 5. The Balaban J connectivity index is 1.86. The van der Waals surface area contributed by atoms with Gasteiger partial charge in [-0.05, 0) is 49.1 Å². The van der Waals surface area contributed by atoms with E-state index in [2.05, 4.69) is 5.32 Å². The Hall–Kier alpha value is -2.80. The number of nitrogens with one attached hydrogen (secondary N) is 2. The first kappa shape index (κ1) is 25.8. The van der Waals surface area contributed by atoms with E-state index in [4.69, 9.17) is 16.0 Å². The van der Waals surface area contributed by atoms with Gasteiger partial charge in [0.1, 0.15) is 4.75 Å². The third kappa shape index (κ3) is 5.63. The summed E-state index contributed by atoms with van der Waals surface area (Å²) in [5, 5.41) is 20.4. The summed E-state index contributed by atoms with van der Waals surface area (Å²) in [5.41, 5.74) is 8.50. The lowest BCUT2D eigenvalue weighted by atomic mass is 9.94. The van der Waals surface area contributed by atoms with E-state index < -0.39 is 38.4 Å². The number of hydrogen-bond acceptors (Lipinski definition) is 8. The number of aliphatic carboxylic acids is 1. The summed E-state index contributed by atoms with van der Waals surface area (Å²) in [7, 11) is -3.63. The highest BCUT2D eigenvalue weighted by Crippen LogP contribution is 2.47. The third-order valence-corrected chi connectivity index (χ3v) is 9.94. The molecule has 10 nitrogen and oxygen atoms in total. The van der Waals surface area contributed by atoms with Crippen molar-refractivity contribution in [3.05, 3.63) is 41.3 Å². The van der Waals surface area contributed by atoms with Gasteiger partial charge >= 0.3 is 5.97 Å². The average molecular weight is 510 g/mol. The molecule has 1 aromatic heterocycles. The summed E-state index contributed by atoms with van der Waals surface area (Å²) >= 11 is 1.25. The highest BCUT2D eigenvalue weighted by atomic mass is 32.2. The molecular weight excluding hydrogens is 482 g/mol. The van der Waals surface area contributed by atoms with Gasteiger partial charge < -0.3 is 16.2 Å². The summed E-state index contributed by atoms with van der Waals surface area (Å²) in [5.74, 6) is -2.33. The molecule has 184 valence electrons. The zero-order chi connectivity index (χ0) is 24.9. The molecule has 0 unspecified atom stereocenters. The first-order valence-electron chi connectivity index (χ1n) is 10.7. The minimum absolute atomic E-state index is 0.00706. The predicted molar refractivity (Wildman–Crippen MR) is 127 cm³/mol. The molecule has 2 aromatic rings. The van der Waals surface area contributed by atoms with Crippen LogP contribution in [0.25, 0.3) is 10.4 Å². The molecule has 0 bridgehead atoms. The summed E-state index contributed by atoms with van der Waals surface area (Å²) in [6, 6.07) is 9.39. The Morgan fingerprint density at radius 3 is 2.62 bits per heavy atom. The van der Waals surface area contributed by atoms with Crippen LogP contribution in [0.15, 0.2) is 36.4 Å². The van der Waals surface area contributed by atoms with Gasteiger partial charge in [0.25, 0.3) is 0 Å². The molecule has 1 aliphatic rings. The molecule has 1 aliphatic heterocycles. The fraction of sp³-hybridized carbons (Fsp3) is 0.409. The van der Waals surface area contributed by atoms with Crippen LogP contribution in [0, 0.1) is 0 Å². The van der Waals surface area contributed by atoms with Crippen molar-refractivity contribution >= 4 is 44.6 Å². The van der Waals surface area contributed by atoms with Crippen LogP contribution in [0.1, 0.15) is 43.4 Å². The van der Waals surface area contributed by atoms with E-state index in [-0.39, 0.29) is 31.4 Å². The second-order valence-electron chi connectivity index (χ2n) is 8.25. The first-order valence-corrected chi connectivity index (χ1v) is 13.2. The van der Waals surface area contributed by atoms with Gasteiger partial charge in [-0.25, -0.2) is 13.9 Å². The number of sulfone groups is 1. The number of amides is 2. The molecule has 0 saturated carbocycles. The molecular formula is C22H27N3O7S2. The summed E-state index contributed by atoms with van der Waals surface area (Å²) in [6.45, 7) is 0. The highest BCUT2D eigenvalue weighted by molar-refractivity contribution is 7.92. The monoisotopic (exact) mass is 509 g/mol. The Labute approximate surface area is 201 Å². The zero-order valence-corrected chi connectivity index (χ0v) is 20.0. The number of thiophene rings is 1. The van der Waals surface area contributed by atoms with Crippen LogP contribution in [0.5, 0.6) is 0 Å². The molecule has 0 spiro atoms. The molecule has 1 saturated heterocycles. The molecule has 1 fully saturated rings. The number of carbonyl (C=O) groups excluding carboxylic acids is 2. The largest absolute Gasteiger partial charge is 0.481 e. The number of carbonyl (C=O) groups is 3. The van der Waals surface area contributed by atoms with E-state index in [0.717, 1.165) is 10.4 Å². The molecule has 2 amide bonds. The maximum atomic E-state index is 13.1. The Kier molecular flexibility index (Phi) is 8.08. The third-order valence-electron chi connectivity index (χ3n) is 5.89. The maximum Gasteiger partial charge on any atom is 0.303 e. The standard InChI is InChI=1S/C22H27N3O7S2/c23-16(6-9-20(27)28)21(29)24-15-5-3-4-14(12-15)17-7-8-18(33-17)22(13-19(26)25-30)10-1-2-11-34(22,31)32/h3-5,7-8,12,16,30H,1-2,6,9-11,13,23H2,(H,24,29)(H,25,26)(H,27,28)/t16-,22-/m0/s1. The van der Waals surface area contributed by atoms with E-state index in [1.807, 2.05) is 0 Å². The van der Waals surface area contributed by atoms with Crippen LogP contribution in [0.4, 0.5) is 5.69 Å². The molecule has 12 heteroatoms. The van der Waals surface area contributed by atoms with Crippen molar-refractivity contribution in [3.63, 3.8) is 0 Å². The van der Waals surface area contributed by atoms with Gasteiger partial charge in [0.15, 0.2) is 9.84 Å². The van der Waals surface area contributed by atoms with E-state index in [0.29, 0.717) is 23.4 Å². The normalized spacial score (nSPS) is 20.3. The van der Waals surface area contributed by atoms with Crippen molar-refractivity contribution in [2.24, 2.45) is 5.73 Å². The fourth-order valence-electron chi connectivity index (χ4n) is 4.05. The lowest BCUT2D eigenvalue weighted by Crippen LogP contribution is -2.43. The van der Waals surface area contributed by atoms with Crippen molar-refractivity contribution in [2.75, 3.05) is 11.1 Å². The second kappa shape index (κ2) is 10.6. The first-order chi connectivity index (χ1) is 16.1. The number of benzene rings is 1. The summed E-state index contributed by atoms with van der Waals surface area (Å²) < 4.78 is 24.8. The van der Waals surface area contributed by atoms with Crippen LogP contribution < -0.4 is 16.5 Å². The van der Waals surface area contributed by atoms with Gasteiger partial charge in [0, 0.05) is 21.9 Å². The number of rotatable bonds is 9. The van der Waals surface area contributed by atoms with Crippen molar-refractivity contribution in [2.45, 2.75) is 49.3 Å². The Bertz CT molecular complexity index is 1180. The maximum absolute atomic E-state index is 13.1. The molecule has 3 rings (SSSR count). The van der Waals surface area contributed by atoms with Gasteiger partial charge in [-0.3, -0.25) is 19.6 Å². The number of anilines is 1. The molecule has 1 aromatic carbocycles. The smallest absolute Gasteiger partial charge is 0.303 e. The molecule has 2 atom stereocenters. The zero-order valence-electron chi connectivity index (χ0n) is 18.3. The minimum atomic E-state index is -3.63. The van der Waals surface area contributed by atoms with Gasteiger partial charge in [-0.1, -0.05) is 18.6 Å². The second-order valence-corrected chi connectivity index (χ2v) is 11.8. The van der Waals surface area contributed by atoms with Crippen molar-refractivity contribution in [1.82, 2.24) is 5.48 Å². The van der Waals surface area contributed by atoms with Crippen molar-refractivity contribution in [1.29, 1.82) is 0 Å². The van der Waals surface area contributed by atoms with E-state index in [1.165, 1.54) is 11.3 Å². The van der Waals surface area contributed by atoms with Crippen LogP contribution in [-0.2, 0) is 29.0 Å². The summed E-state index contributed by atoms with van der Waals surface area (Å²) in [6.07, 6.45) is 0.885. The van der Waals surface area contributed by atoms with E-state index in [9.17, 15) is 22.8 Å². The van der Waals surface area contributed by atoms with Gasteiger partial charge in [0.2, 0.25) is 11.8 Å². The number of hydroxylamine groups is 1. The van der Waals surface area contributed by atoms with Gasteiger partial charge in [-0.2, -0.15) is 0 Å². The number of carboxylic acids is 1. The van der Waals surface area contributed by atoms with Crippen molar-refractivity contribution in [3.8, 4) is 10.4 Å². The van der Waals surface area contributed by atoms with E-state index >= 15 is 0 Å². The molecule has 0 aliphatic carbocycles. The summed E-state index contributed by atoms with van der Waals surface area (Å²) in [4.78, 5) is 36.2. The van der Waals surface area contributed by atoms with E-state index in [1.54, 1.807) is 41.9 Å². The minimum Gasteiger partial charge on any atom is -0.481 e. The van der Waals surface area contributed by atoms with Crippen LogP contribution in [0.2, 0.25) is 0 Å². The number of carboxylic acid groups (broad SMARTS) is 1. The van der Waals surface area contributed by atoms with Gasteiger partial charge in [-0.15, -0.1) is 11.3 Å². The molecule has 0 radical (unpaired) electrons. The topological polar surface area (TPSA) is 176 Å².